The van der Waals surface area contributed by atoms with Crippen molar-refractivity contribution < 1.29 is 13.9 Å². The number of nitrogens with zero attached hydrogens (tertiary/aromatic N) is 1. The number of amides is 1. The van der Waals surface area contributed by atoms with Gasteiger partial charge >= 0.3 is 0 Å². The van der Waals surface area contributed by atoms with Crippen molar-refractivity contribution >= 4 is 5.91 Å². The standard InChI is InChI=1S/C18H22N2O3/c1-12-10-13(8-9-15(12)22-2)17-16(19-11-23-17)18(21)20-14-6-4-3-5-7-14/h8-11,14H,3-7H2,1-2H3,(H,20,21). The minimum atomic E-state index is -0.158. The predicted molar refractivity (Wildman–Crippen MR) is 87.6 cm³/mol. The zero-order valence-electron chi connectivity index (χ0n) is 13.6. The molecular weight excluding hydrogens is 292 g/mol. The predicted octanol–water partition coefficient (Wildman–Crippen LogP) is 3.72. The normalized spacial score (nSPS) is 15.4. The lowest BCUT2D eigenvalue weighted by atomic mass is 9.95. The first-order chi connectivity index (χ1) is 11.2. The van der Waals surface area contributed by atoms with Crippen LogP contribution >= 0.6 is 0 Å². The van der Waals surface area contributed by atoms with Crippen molar-refractivity contribution in [3.05, 3.63) is 35.9 Å². The molecule has 0 bridgehead atoms. The lowest BCUT2D eigenvalue weighted by Gasteiger charge is -2.22. The van der Waals surface area contributed by atoms with Crippen LogP contribution in [0.4, 0.5) is 0 Å². The summed E-state index contributed by atoms with van der Waals surface area (Å²) in [5.74, 6) is 1.15. The maximum atomic E-state index is 12.5. The van der Waals surface area contributed by atoms with Gasteiger partial charge in [-0.05, 0) is 43.5 Å². The van der Waals surface area contributed by atoms with E-state index in [1.807, 2.05) is 25.1 Å². The van der Waals surface area contributed by atoms with Gasteiger partial charge in [-0.25, -0.2) is 4.98 Å². The van der Waals surface area contributed by atoms with Gasteiger partial charge in [0.05, 0.1) is 7.11 Å². The lowest BCUT2D eigenvalue weighted by molar-refractivity contribution is 0.0923. The molecule has 0 spiro atoms. The van der Waals surface area contributed by atoms with Crippen LogP contribution in [0.1, 0.15) is 48.2 Å². The third-order valence-electron chi connectivity index (χ3n) is 4.38. The van der Waals surface area contributed by atoms with E-state index >= 15 is 0 Å². The fourth-order valence-electron chi connectivity index (χ4n) is 3.13. The van der Waals surface area contributed by atoms with Crippen LogP contribution in [0.15, 0.2) is 29.0 Å². The summed E-state index contributed by atoms with van der Waals surface area (Å²) in [5.41, 5.74) is 2.16. The summed E-state index contributed by atoms with van der Waals surface area (Å²) in [6, 6.07) is 5.94. The van der Waals surface area contributed by atoms with Crippen LogP contribution in [0.5, 0.6) is 5.75 Å². The van der Waals surface area contributed by atoms with Gasteiger partial charge in [0.25, 0.3) is 5.91 Å². The van der Waals surface area contributed by atoms with Gasteiger partial charge in [0.2, 0.25) is 0 Å². The number of aryl methyl sites for hydroxylation is 1. The Morgan fingerprint density at radius 1 is 1.30 bits per heavy atom. The quantitative estimate of drug-likeness (QED) is 0.934. The van der Waals surface area contributed by atoms with Crippen molar-refractivity contribution in [2.45, 2.75) is 45.1 Å². The summed E-state index contributed by atoms with van der Waals surface area (Å²) in [6.07, 6.45) is 7.01. The Hall–Kier alpha value is -2.30. The van der Waals surface area contributed by atoms with Crippen LogP contribution in [0.25, 0.3) is 11.3 Å². The molecule has 0 unspecified atom stereocenters. The molecule has 5 heteroatoms. The van der Waals surface area contributed by atoms with Crippen molar-refractivity contribution in [2.75, 3.05) is 7.11 Å². The van der Waals surface area contributed by atoms with Crippen LogP contribution in [-0.2, 0) is 0 Å². The Bertz CT molecular complexity index is 687. The van der Waals surface area contributed by atoms with Gasteiger partial charge in [0.15, 0.2) is 17.8 Å². The maximum absolute atomic E-state index is 12.5. The minimum absolute atomic E-state index is 0.158. The molecule has 1 aliphatic carbocycles. The number of oxazole rings is 1. The third-order valence-corrected chi connectivity index (χ3v) is 4.38. The highest BCUT2D eigenvalue weighted by molar-refractivity contribution is 5.97. The Labute approximate surface area is 136 Å². The average Bonchev–Trinajstić information content (AvgIpc) is 3.05. The molecule has 122 valence electrons. The Morgan fingerprint density at radius 3 is 2.78 bits per heavy atom. The first-order valence-electron chi connectivity index (χ1n) is 8.08. The molecule has 1 N–H and O–H groups in total. The molecule has 0 saturated heterocycles. The number of rotatable bonds is 4. The first kappa shape index (κ1) is 15.6. The Morgan fingerprint density at radius 2 is 2.09 bits per heavy atom. The van der Waals surface area contributed by atoms with Gasteiger partial charge in [-0.15, -0.1) is 0 Å². The van der Waals surface area contributed by atoms with E-state index in [0.29, 0.717) is 11.5 Å². The van der Waals surface area contributed by atoms with Gasteiger partial charge in [0, 0.05) is 11.6 Å². The SMILES string of the molecule is COc1ccc(-c2ocnc2C(=O)NC2CCCCC2)cc1C. The van der Waals surface area contributed by atoms with Crippen LogP contribution in [0, 0.1) is 6.92 Å². The van der Waals surface area contributed by atoms with E-state index in [9.17, 15) is 4.79 Å². The van der Waals surface area contributed by atoms with Crippen LogP contribution in [0.3, 0.4) is 0 Å². The largest absolute Gasteiger partial charge is 0.496 e. The van der Waals surface area contributed by atoms with Crippen LogP contribution in [-0.4, -0.2) is 24.0 Å². The van der Waals surface area contributed by atoms with Crippen molar-refractivity contribution in [2.24, 2.45) is 0 Å². The van der Waals surface area contributed by atoms with Crippen molar-refractivity contribution in [1.29, 1.82) is 0 Å². The molecule has 1 aliphatic rings. The van der Waals surface area contributed by atoms with Gasteiger partial charge in [-0.3, -0.25) is 4.79 Å². The van der Waals surface area contributed by atoms with E-state index in [2.05, 4.69) is 10.3 Å². The second-order valence-corrected chi connectivity index (χ2v) is 6.02. The number of carbonyl (C=O) groups excluding carboxylic acids is 1. The molecular formula is C18H22N2O3. The molecule has 0 radical (unpaired) electrons. The molecule has 1 amide bonds. The number of hydrogen-bond donors (Lipinski definition) is 1. The number of carbonyl (C=O) groups is 1. The third kappa shape index (κ3) is 3.38. The maximum Gasteiger partial charge on any atom is 0.274 e. The second kappa shape index (κ2) is 6.86. The Balaban J connectivity index is 1.81. The second-order valence-electron chi connectivity index (χ2n) is 6.02. The van der Waals surface area contributed by atoms with E-state index in [1.165, 1.54) is 25.7 Å². The van der Waals surface area contributed by atoms with Gasteiger partial charge in [0.1, 0.15) is 5.75 Å². The zero-order chi connectivity index (χ0) is 16.2. The van der Waals surface area contributed by atoms with Gasteiger partial charge in [-0.1, -0.05) is 19.3 Å². The van der Waals surface area contributed by atoms with Gasteiger partial charge < -0.3 is 14.5 Å². The summed E-state index contributed by atoms with van der Waals surface area (Å²) in [7, 11) is 1.64. The smallest absolute Gasteiger partial charge is 0.274 e. The number of nitrogens with one attached hydrogen (secondary N) is 1. The molecule has 0 aliphatic heterocycles. The molecule has 1 fully saturated rings. The molecule has 2 aromatic rings. The zero-order valence-corrected chi connectivity index (χ0v) is 13.6. The van der Waals surface area contributed by atoms with Crippen molar-refractivity contribution in [1.82, 2.24) is 10.3 Å². The number of ether oxygens (including phenoxy) is 1. The van der Waals surface area contributed by atoms with Crippen LogP contribution < -0.4 is 10.1 Å². The number of benzene rings is 1. The monoisotopic (exact) mass is 314 g/mol. The lowest BCUT2D eigenvalue weighted by Crippen LogP contribution is -2.36. The number of aromatic nitrogens is 1. The van der Waals surface area contributed by atoms with Crippen LogP contribution in [0.2, 0.25) is 0 Å². The molecule has 1 aromatic heterocycles. The molecule has 1 heterocycles. The van der Waals surface area contributed by atoms with E-state index in [0.717, 1.165) is 29.7 Å². The van der Waals surface area contributed by atoms with E-state index in [1.54, 1.807) is 7.11 Å². The average molecular weight is 314 g/mol. The first-order valence-corrected chi connectivity index (χ1v) is 8.08. The van der Waals surface area contributed by atoms with E-state index in [-0.39, 0.29) is 11.9 Å². The molecule has 0 atom stereocenters. The summed E-state index contributed by atoms with van der Waals surface area (Å²) >= 11 is 0. The molecule has 1 aromatic carbocycles. The molecule has 5 nitrogen and oxygen atoms in total. The summed E-state index contributed by atoms with van der Waals surface area (Å²) in [6.45, 7) is 1.96. The number of methoxy groups -OCH3 is 1. The van der Waals surface area contributed by atoms with E-state index in [4.69, 9.17) is 9.15 Å². The number of hydrogen-bond acceptors (Lipinski definition) is 4. The highest BCUT2D eigenvalue weighted by Gasteiger charge is 2.22. The van der Waals surface area contributed by atoms with E-state index < -0.39 is 0 Å². The molecule has 23 heavy (non-hydrogen) atoms. The highest BCUT2D eigenvalue weighted by Crippen LogP contribution is 2.28. The van der Waals surface area contributed by atoms with Gasteiger partial charge in [-0.2, -0.15) is 0 Å². The fraction of sp³-hybridized carbons (Fsp3) is 0.444. The van der Waals surface area contributed by atoms with Crippen molar-refractivity contribution in [3.63, 3.8) is 0 Å². The fourth-order valence-corrected chi connectivity index (χ4v) is 3.13. The Kier molecular flexibility index (Phi) is 4.65. The summed E-state index contributed by atoms with van der Waals surface area (Å²) < 4.78 is 10.7. The molecule has 3 rings (SSSR count). The molecule has 1 saturated carbocycles. The summed E-state index contributed by atoms with van der Waals surface area (Å²) in [4.78, 5) is 16.6. The topological polar surface area (TPSA) is 64.4 Å². The summed E-state index contributed by atoms with van der Waals surface area (Å²) in [5, 5.41) is 3.08. The highest BCUT2D eigenvalue weighted by atomic mass is 16.5. The van der Waals surface area contributed by atoms with Crippen molar-refractivity contribution in [3.8, 4) is 17.1 Å². The minimum Gasteiger partial charge on any atom is -0.496 e.